The van der Waals surface area contributed by atoms with Crippen molar-refractivity contribution < 1.29 is 17.6 Å². The van der Waals surface area contributed by atoms with E-state index in [2.05, 4.69) is 5.32 Å². The highest BCUT2D eigenvalue weighted by atomic mass is 32.2. The Kier molecular flexibility index (Phi) is 6.52. The van der Waals surface area contributed by atoms with Crippen molar-refractivity contribution in [1.29, 1.82) is 0 Å². The maximum Gasteiger partial charge on any atom is 0.264 e. The lowest BCUT2D eigenvalue weighted by Crippen LogP contribution is -2.40. The van der Waals surface area contributed by atoms with E-state index >= 15 is 0 Å². The molecule has 5 nitrogen and oxygen atoms in total. The average molecular weight is 427 g/mol. The van der Waals surface area contributed by atoms with Crippen LogP contribution in [0.1, 0.15) is 16.7 Å². The van der Waals surface area contributed by atoms with Gasteiger partial charge in [0.15, 0.2) is 0 Å². The van der Waals surface area contributed by atoms with Crippen molar-refractivity contribution in [1.82, 2.24) is 5.32 Å². The Bertz CT molecular complexity index is 1110. The van der Waals surface area contributed by atoms with Crippen molar-refractivity contribution >= 4 is 21.6 Å². The first kappa shape index (κ1) is 21.5. The number of anilines is 1. The molecule has 1 amide bonds. The molecule has 156 valence electrons. The first-order chi connectivity index (χ1) is 14.3. The Hall–Kier alpha value is -3.19. The Morgan fingerprint density at radius 2 is 1.40 bits per heavy atom. The van der Waals surface area contributed by atoms with Crippen LogP contribution in [-0.2, 0) is 21.4 Å². The summed E-state index contributed by atoms with van der Waals surface area (Å²) in [7, 11) is -4.02. The van der Waals surface area contributed by atoms with Crippen LogP contribution in [0.5, 0.6) is 0 Å². The lowest BCUT2D eigenvalue weighted by molar-refractivity contribution is -0.119. The van der Waals surface area contributed by atoms with Crippen LogP contribution in [0.3, 0.4) is 0 Å². The molecule has 0 fully saturated rings. The number of benzene rings is 3. The second kappa shape index (κ2) is 9.09. The number of hydrogen-bond donors (Lipinski definition) is 1. The van der Waals surface area contributed by atoms with Gasteiger partial charge in [0, 0.05) is 6.54 Å². The summed E-state index contributed by atoms with van der Waals surface area (Å²) in [5, 5.41) is 2.74. The van der Waals surface area contributed by atoms with Gasteiger partial charge in [0.25, 0.3) is 10.0 Å². The zero-order valence-corrected chi connectivity index (χ0v) is 17.6. The number of carbonyl (C=O) groups excluding carboxylic acids is 1. The minimum Gasteiger partial charge on any atom is -0.350 e. The third-order valence-electron chi connectivity index (χ3n) is 4.62. The molecule has 1 N–H and O–H groups in total. The summed E-state index contributed by atoms with van der Waals surface area (Å²) < 4.78 is 40.8. The summed E-state index contributed by atoms with van der Waals surface area (Å²) in [6, 6.07) is 19.0. The topological polar surface area (TPSA) is 66.5 Å². The third-order valence-corrected chi connectivity index (χ3v) is 6.41. The maximum atomic E-state index is 13.4. The van der Waals surface area contributed by atoms with E-state index in [1.54, 1.807) is 12.1 Å². The van der Waals surface area contributed by atoms with Gasteiger partial charge in [-0.05, 0) is 55.8 Å². The van der Waals surface area contributed by atoms with E-state index < -0.39 is 28.3 Å². The molecule has 0 spiro atoms. The summed E-state index contributed by atoms with van der Waals surface area (Å²) in [6.45, 7) is 3.68. The summed E-state index contributed by atoms with van der Waals surface area (Å²) in [5.41, 5.74) is 3.14. The molecule has 0 aliphatic heterocycles. The molecule has 0 radical (unpaired) electrons. The van der Waals surface area contributed by atoms with Crippen LogP contribution < -0.4 is 9.62 Å². The second-order valence-electron chi connectivity index (χ2n) is 7.06. The number of halogens is 1. The molecule has 0 aliphatic carbocycles. The smallest absolute Gasteiger partial charge is 0.264 e. The molecular weight excluding hydrogens is 403 g/mol. The highest BCUT2D eigenvalue weighted by molar-refractivity contribution is 7.92. The number of carbonyl (C=O) groups is 1. The quantitative estimate of drug-likeness (QED) is 0.622. The molecule has 7 heteroatoms. The van der Waals surface area contributed by atoms with Crippen LogP contribution >= 0.6 is 0 Å². The number of hydrogen-bond acceptors (Lipinski definition) is 3. The van der Waals surface area contributed by atoms with Gasteiger partial charge in [0.2, 0.25) is 5.91 Å². The van der Waals surface area contributed by atoms with E-state index in [4.69, 9.17) is 0 Å². The number of rotatable bonds is 7. The van der Waals surface area contributed by atoms with E-state index in [1.807, 2.05) is 38.1 Å². The number of amides is 1. The fraction of sp³-hybridized carbons (Fsp3) is 0.174. The monoisotopic (exact) mass is 426 g/mol. The number of aryl methyl sites for hydroxylation is 2. The van der Waals surface area contributed by atoms with Gasteiger partial charge < -0.3 is 5.32 Å². The SMILES string of the molecule is Cc1ccc(CNC(=O)CN(c2ccc(F)cc2)S(=O)(=O)c2ccc(C)cc2)cc1. The first-order valence-corrected chi connectivity index (χ1v) is 10.9. The minimum absolute atomic E-state index is 0.0590. The summed E-state index contributed by atoms with van der Waals surface area (Å²) in [4.78, 5) is 12.6. The van der Waals surface area contributed by atoms with Gasteiger partial charge in [-0.2, -0.15) is 0 Å². The van der Waals surface area contributed by atoms with Gasteiger partial charge in [0.05, 0.1) is 10.6 Å². The summed E-state index contributed by atoms with van der Waals surface area (Å²) >= 11 is 0. The molecule has 0 aliphatic rings. The molecule has 0 bridgehead atoms. The molecule has 0 saturated carbocycles. The standard InChI is InChI=1S/C23H23FN2O3S/c1-17-3-7-19(8-4-17)15-25-23(27)16-26(21-11-9-20(24)10-12-21)30(28,29)22-13-5-18(2)6-14-22/h3-14H,15-16H2,1-2H3,(H,25,27). The maximum absolute atomic E-state index is 13.4. The normalized spacial score (nSPS) is 11.2. The molecule has 0 unspecified atom stereocenters. The highest BCUT2D eigenvalue weighted by Crippen LogP contribution is 2.24. The van der Waals surface area contributed by atoms with Crippen LogP contribution in [0.25, 0.3) is 0 Å². The van der Waals surface area contributed by atoms with Crippen molar-refractivity contribution in [3.05, 3.63) is 95.3 Å². The second-order valence-corrected chi connectivity index (χ2v) is 8.93. The number of nitrogens with one attached hydrogen (secondary N) is 1. The van der Waals surface area contributed by atoms with E-state index in [9.17, 15) is 17.6 Å². The van der Waals surface area contributed by atoms with Gasteiger partial charge in [-0.15, -0.1) is 0 Å². The van der Waals surface area contributed by atoms with Crippen LogP contribution in [0, 0.1) is 19.7 Å². The Balaban J connectivity index is 1.84. The molecule has 30 heavy (non-hydrogen) atoms. The lowest BCUT2D eigenvalue weighted by atomic mass is 10.1. The van der Waals surface area contributed by atoms with Crippen LogP contribution in [0.4, 0.5) is 10.1 Å². The fourth-order valence-electron chi connectivity index (χ4n) is 2.85. The summed E-state index contributed by atoms with van der Waals surface area (Å²) in [6.07, 6.45) is 0. The molecule has 3 aromatic rings. The van der Waals surface area contributed by atoms with Crippen LogP contribution in [0.15, 0.2) is 77.7 Å². The van der Waals surface area contributed by atoms with Crippen molar-refractivity contribution in [2.24, 2.45) is 0 Å². The van der Waals surface area contributed by atoms with E-state index in [-0.39, 0.29) is 17.1 Å². The molecule has 0 saturated heterocycles. The molecular formula is C23H23FN2O3S. The fourth-order valence-corrected chi connectivity index (χ4v) is 4.27. The average Bonchev–Trinajstić information content (AvgIpc) is 2.72. The highest BCUT2D eigenvalue weighted by Gasteiger charge is 2.27. The predicted octanol–water partition coefficient (Wildman–Crippen LogP) is 3.95. The predicted molar refractivity (Wildman–Crippen MR) is 115 cm³/mol. The largest absolute Gasteiger partial charge is 0.350 e. The number of nitrogens with zero attached hydrogens (tertiary/aromatic N) is 1. The molecule has 3 aromatic carbocycles. The zero-order valence-electron chi connectivity index (χ0n) is 16.8. The molecule has 0 aromatic heterocycles. The Labute approximate surface area is 176 Å². The third kappa shape index (κ3) is 5.24. The van der Waals surface area contributed by atoms with E-state index in [1.165, 1.54) is 24.3 Å². The van der Waals surface area contributed by atoms with Gasteiger partial charge in [-0.1, -0.05) is 47.5 Å². The first-order valence-electron chi connectivity index (χ1n) is 9.43. The van der Waals surface area contributed by atoms with E-state index in [0.29, 0.717) is 0 Å². The number of sulfonamides is 1. The minimum atomic E-state index is -4.02. The van der Waals surface area contributed by atoms with Crippen LogP contribution in [0.2, 0.25) is 0 Å². The van der Waals surface area contributed by atoms with Crippen molar-refractivity contribution in [3.63, 3.8) is 0 Å². The van der Waals surface area contributed by atoms with Gasteiger partial charge in [-0.25, -0.2) is 12.8 Å². The van der Waals surface area contributed by atoms with Gasteiger partial charge in [-0.3, -0.25) is 9.10 Å². The molecule has 0 atom stereocenters. The van der Waals surface area contributed by atoms with Gasteiger partial charge >= 0.3 is 0 Å². The Morgan fingerprint density at radius 1 is 0.867 bits per heavy atom. The van der Waals surface area contributed by atoms with Crippen molar-refractivity contribution in [3.8, 4) is 0 Å². The van der Waals surface area contributed by atoms with Gasteiger partial charge in [0.1, 0.15) is 12.4 Å². The Morgan fingerprint density at radius 3 is 1.97 bits per heavy atom. The summed E-state index contributed by atoms with van der Waals surface area (Å²) in [5.74, 6) is -0.953. The molecule has 0 heterocycles. The van der Waals surface area contributed by atoms with Crippen LogP contribution in [-0.4, -0.2) is 20.9 Å². The lowest BCUT2D eigenvalue weighted by Gasteiger charge is -2.24. The van der Waals surface area contributed by atoms with Crippen molar-refractivity contribution in [2.75, 3.05) is 10.8 Å². The van der Waals surface area contributed by atoms with E-state index in [0.717, 1.165) is 33.1 Å². The zero-order chi connectivity index (χ0) is 21.7. The van der Waals surface area contributed by atoms with Crippen molar-refractivity contribution in [2.45, 2.75) is 25.3 Å². The molecule has 3 rings (SSSR count).